The Bertz CT molecular complexity index is 843. The maximum absolute atomic E-state index is 12.4. The Morgan fingerprint density at radius 1 is 1.07 bits per heavy atom. The predicted molar refractivity (Wildman–Crippen MR) is 113 cm³/mol. The molecule has 2 aromatic rings. The maximum Gasteiger partial charge on any atom is 0.276 e. The summed E-state index contributed by atoms with van der Waals surface area (Å²) >= 11 is 8.34. The van der Waals surface area contributed by atoms with Crippen molar-refractivity contribution in [3.05, 3.63) is 58.6 Å². The standard InChI is InChI=1S/C19H20BrN3O4S/c1-12(2)27-16-6-4-3-5-15(16)18(25)21-19(28)23-22-17(24)11-26-14-9-7-13(20)8-10-14/h3-10,12H,11H2,1-2H3,(H,22,24)(H2,21,23,25,28). The van der Waals surface area contributed by atoms with Crippen molar-refractivity contribution in [2.24, 2.45) is 0 Å². The van der Waals surface area contributed by atoms with Gasteiger partial charge in [0.15, 0.2) is 11.7 Å². The van der Waals surface area contributed by atoms with Crippen molar-refractivity contribution in [2.45, 2.75) is 20.0 Å². The van der Waals surface area contributed by atoms with E-state index in [1.54, 1.807) is 48.5 Å². The molecule has 0 aromatic heterocycles. The van der Waals surface area contributed by atoms with Gasteiger partial charge in [-0.05, 0) is 62.5 Å². The highest BCUT2D eigenvalue weighted by atomic mass is 79.9. The van der Waals surface area contributed by atoms with Crippen molar-refractivity contribution in [1.29, 1.82) is 0 Å². The van der Waals surface area contributed by atoms with Crippen molar-refractivity contribution in [3.8, 4) is 11.5 Å². The lowest BCUT2D eigenvalue weighted by Gasteiger charge is -2.15. The van der Waals surface area contributed by atoms with Gasteiger partial charge in [-0.2, -0.15) is 0 Å². The predicted octanol–water partition coefficient (Wildman–Crippen LogP) is 2.95. The third-order valence-corrected chi connectivity index (χ3v) is 3.95. The van der Waals surface area contributed by atoms with E-state index < -0.39 is 11.8 Å². The van der Waals surface area contributed by atoms with Crippen LogP contribution >= 0.6 is 28.1 Å². The highest BCUT2D eigenvalue weighted by Gasteiger charge is 2.14. The van der Waals surface area contributed by atoms with E-state index in [4.69, 9.17) is 21.7 Å². The number of halogens is 1. The van der Waals surface area contributed by atoms with Crippen molar-refractivity contribution >= 4 is 45.1 Å². The molecule has 0 aliphatic heterocycles. The van der Waals surface area contributed by atoms with E-state index in [1.807, 2.05) is 13.8 Å². The van der Waals surface area contributed by atoms with E-state index >= 15 is 0 Å². The summed E-state index contributed by atoms with van der Waals surface area (Å²) < 4.78 is 11.9. The number of thiocarbonyl (C=S) groups is 1. The molecule has 0 aliphatic rings. The van der Waals surface area contributed by atoms with E-state index in [0.717, 1.165) is 4.47 Å². The molecular formula is C19H20BrN3O4S. The van der Waals surface area contributed by atoms with E-state index in [2.05, 4.69) is 32.1 Å². The summed E-state index contributed by atoms with van der Waals surface area (Å²) in [6, 6.07) is 13.9. The lowest BCUT2D eigenvalue weighted by Crippen LogP contribution is -2.49. The van der Waals surface area contributed by atoms with Crippen LogP contribution in [0.3, 0.4) is 0 Å². The number of benzene rings is 2. The summed E-state index contributed by atoms with van der Waals surface area (Å²) in [4.78, 5) is 24.2. The van der Waals surface area contributed by atoms with E-state index in [1.165, 1.54) is 0 Å². The summed E-state index contributed by atoms with van der Waals surface area (Å²) in [5.74, 6) is 0.0953. The van der Waals surface area contributed by atoms with Crippen molar-refractivity contribution in [2.75, 3.05) is 6.61 Å². The number of hydrogen-bond acceptors (Lipinski definition) is 5. The molecule has 0 aliphatic carbocycles. The Morgan fingerprint density at radius 3 is 2.43 bits per heavy atom. The Morgan fingerprint density at radius 2 is 1.75 bits per heavy atom. The number of amides is 2. The Labute approximate surface area is 176 Å². The van der Waals surface area contributed by atoms with Crippen LogP contribution in [0, 0.1) is 0 Å². The average molecular weight is 466 g/mol. The molecule has 0 heterocycles. The monoisotopic (exact) mass is 465 g/mol. The topological polar surface area (TPSA) is 88.7 Å². The van der Waals surface area contributed by atoms with Gasteiger partial charge in [0.1, 0.15) is 11.5 Å². The number of ether oxygens (including phenoxy) is 2. The minimum Gasteiger partial charge on any atom is -0.490 e. The molecule has 3 N–H and O–H groups in total. The van der Waals surface area contributed by atoms with Crippen LogP contribution in [0.15, 0.2) is 53.0 Å². The zero-order valence-electron chi connectivity index (χ0n) is 15.3. The van der Waals surface area contributed by atoms with Gasteiger partial charge < -0.3 is 9.47 Å². The number of rotatable bonds is 6. The first-order chi connectivity index (χ1) is 13.3. The number of carbonyl (C=O) groups is 2. The fraction of sp³-hybridized carbons (Fsp3) is 0.211. The number of hydrazine groups is 1. The summed E-state index contributed by atoms with van der Waals surface area (Å²) in [6.07, 6.45) is -0.0796. The molecule has 0 radical (unpaired) electrons. The lowest BCUT2D eigenvalue weighted by molar-refractivity contribution is -0.123. The van der Waals surface area contributed by atoms with Crippen molar-refractivity contribution in [1.82, 2.24) is 16.2 Å². The van der Waals surface area contributed by atoms with Crippen LogP contribution in [0.25, 0.3) is 0 Å². The van der Waals surface area contributed by atoms with Gasteiger partial charge in [-0.25, -0.2) is 0 Å². The molecule has 2 rings (SSSR count). The largest absolute Gasteiger partial charge is 0.490 e. The van der Waals surface area contributed by atoms with Crippen molar-refractivity contribution in [3.63, 3.8) is 0 Å². The third-order valence-electron chi connectivity index (χ3n) is 3.22. The summed E-state index contributed by atoms with van der Waals surface area (Å²) in [7, 11) is 0. The molecule has 2 amide bonds. The second-order valence-corrected chi connectivity index (χ2v) is 7.19. The molecule has 0 unspecified atom stereocenters. The average Bonchev–Trinajstić information content (AvgIpc) is 2.66. The smallest absolute Gasteiger partial charge is 0.276 e. The van der Waals surface area contributed by atoms with E-state index in [0.29, 0.717) is 17.1 Å². The normalized spacial score (nSPS) is 10.1. The summed E-state index contributed by atoms with van der Waals surface area (Å²) in [6.45, 7) is 3.52. The van der Waals surface area contributed by atoms with Crippen LogP contribution in [0.2, 0.25) is 0 Å². The molecule has 0 atom stereocenters. The molecule has 28 heavy (non-hydrogen) atoms. The van der Waals surface area contributed by atoms with Gasteiger partial charge in [0.05, 0.1) is 11.7 Å². The highest BCUT2D eigenvalue weighted by Crippen LogP contribution is 2.19. The zero-order chi connectivity index (χ0) is 20.5. The van der Waals surface area contributed by atoms with Crippen LogP contribution < -0.4 is 25.6 Å². The lowest BCUT2D eigenvalue weighted by atomic mass is 10.2. The quantitative estimate of drug-likeness (QED) is 0.448. The number of hydrogen-bond donors (Lipinski definition) is 3. The Balaban J connectivity index is 1.79. The molecule has 0 saturated carbocycles. The number of para-hydroxylation sites is 1. The van der Waals surface area contributed by atoms with Crippen molar-refractivity contribution < 1.29 is 19.1 Å². The number of carbonyl (C=O) groups excluding carboxylic acids is 2. The summed E-state index contributed by atoms with van der Waals surface area (Å²) in [5, 5.41) is 2.43. The van der Waals surface area contributed by atoms with Gasteiger partial charge in [0, 0.05) is 4.47 Å². The van der Waals surface area contributed by atoms with Gasteiger partial charge >= 0.3 is 0 Å². The van der Waals surface area contributed by atoms with Crippen LogP contribution in [-0.2, 0) is 4.79 Å². The minimum absolute atomic E-state index is 0.0543. The second kappa shape index (κ2) is 10.6. The first-order valence-electron chi connectivity index (χ1n) is 8.39. The van der Waals surface area contributed by atoms with Gasteiger partial charge in [-0.3, -0.25) is 25.8 Å². The zero-order valence-corrected chi connectivity index (χ0v) is 17.7. The Kier molecular flexibility index (Phi) is 8.21. The first kappa shape index (κ1) is 21.6. The molecule has 0 fully saturated rings. The highest BCUT2D eigenvalue weighted by molar-refractivity contribution is 9.10. The second-order valence-electron chi connectivity index (χ2n) is 5.86. The molecule has 2 aromatic carbocycles. The fourth-order valence-electron chi connectivity index (χ4n) is 2.05. The van der Waals surface area contributed by atoms with E-state index in [9.17, 15) is 9.59 Å². The van der Waals surface area contributed by atoms with Gasteiger partial charge in [-0.15, -0.1) is 0 Å². The molecule has 0 saturated heterocycles. The first-order valence-corrected chi connectivity index (χ1v) is 9.59. The number of nitrogens with one attached hydrogen (secondary N) is 3. The van der Waals surface area contributed by atoms with Crippen LogP contribution in [-0.4, -0.2) is 29.6 Å². The Hall–Kier alpha value is -2.65. The molecule has 7 nitrogen and oxygen atoms in total. The third kappa shape index (κ3) is 7.16. The maximum atomic E-state index is 12.4. The summed E-state index contributed by atoms with van der Waals surface area (Å²) in [5.41, 5.74) is 5.16. The van der Waals surface area contributed by atoms with Gasteiger partial charge in [-0.1, -0.05) is 28.1 Å². The van der Waals surface area contributed by atoms with Gasteiger partial charge in [0.25, 0.3) is 11.8 Å². The van der Waals surface area contributed by atoms with Crippen LogP contribution in [0.5, 0.6) is 11.5 Å². The molecule has 9 heteroatoms. The van der Waals surface area contributed by atoms with E-state index in [-0.39, 0.29) is 17.8 Å². The molecule has 148 valence electrons. The molecular weight excluding hydrogens is 446 g/mol. The molecule has 0 spiro atoms. The van der Waals surface area contributed by atoms with Crippen LogP contribution in [0.4, 0.5) is 0 Å². The molecule has 0 bridgehead atoms. The fourth-order valence-corrected chi connectivity index (χ4v) is 2.46. The van der Waals surface area contributed by atoms with Gasteiger partial charge in [0.2, 0.25) is 0 Å². The van der Waals surface area contributed by atoms with Crippen LogP contribution in [0.1, 0.15) is 24.2 Å². The SMILES string of the molecule is CC(C)Oc1ccccc1C(=O)NC(=S)NNC(=O)COc1ccc(Br)cc1. The minimum atomic E-state index is -0.456.